The fraction of sp³-hybridized carbons (Fsp3) is 0.250. The Morgan fingerprint density at radius 2 is 1.94 bits per heavy atom. The normalized spacial score (nSPS) is 11.8. The van der Waals surface area contributed by atoms with Crippen LogP contribution in [0.1, 0.15) is 11.3 Å². The highest BCUT2D eigenvalue weighted by Gasteiger charge is 2.34. The van der Waals surface area contributed by atoms with Crippen LogP contribution in [0.4, 0.5) is 18.9 Å². The Labute approximate surface area is 102 Å². The van der Waals surface area contributed by atoms with Gasteiger partial charge in [-0.25, -0.2) is 4.98 Å². The van der Waals surface area contributed by atoms with E-state index in [1.807, 2.05) is 6.92 Å². The Balaban J connectivity index is 2.51. The molecule has 6 heteroatoms. The Bertz CT molecular complexity index is 585. The molecule has 2 N–H and O–H groups in total. The van der Waals surface area contributed by atoms with Gasteiger partial charge in [-0.1, -0.05) is 12.1 Å². The van der Waals surface area contributed by atoms with Gasteiger partial charge in [0.1, 0.15) is 5.82 Å². The third-order valence-electron chi connectivity index (χ3n) is 2.70. The van der Waals surface area contributed by atoms with Crippen molar-refractivity contribution >= 4 is 5.69 Å². The average molecular weight is 255 g/mol. The van der Waals surface area contributed by atoms with Gasteiger partial charge in [-0.05, 0) is 18.6 Å². The zero-order valence-corrected chi connectivity index (χ0v) is 9.92. The molecule has 2 rings (SSSR count). The van der Waals surface area contributed by atoms with E-state index in [2.05, 4.69) is 4.98 Å². The number of halogens is 3. The lowest BCUT2D eigenvalue weighted by Gasteiger charge is -2.05. The van der Waals surface area contributed by atoms with Gasteiger partial charge < -0.3 is 10.3 Å². The van der Waals surface area contributed by atoms with E-state index in [4.69, 9.17) is 5.73 Å². The molecule has 0 aliphatic carbocycles. The molecule has 0 aliphatic rings. The summed E-state index contributed by atoms with van der Waals surface area (Å²) in [6, 6.07) is 5.08. The van der Waals surface area contributed by atoms with E-state index in [1.165, 1.54) is 11.6 Å². The average Bonchev–Trinajstić information content (AvgIpc) is 2.64. The van der Waals surface area contributed by atoms with Crippen LogP contribution in [0.5, 0.6) is 0 Å². The van der Waals surface area contributed by atoms with Crippen molar-refractivity contribution in [3.8, 4) is 11.4 Å². The first-order valence-electron chi connectivity index (χ1n) is 5.26. The summed E-state index contributed by atoms with van der Waals surface area (Å²) in [5.74, 6) is 0.244. The van der Waals surface area contributed by atoms with Gasteiger partial charge in [0.15, 0.2) is 5.69 Å². The fourth-order valence-electron chi connectivity index (χ4n) is 1.65. The number of rotatable bonds is 1. The Hall–Kier alpha value is -1.98. The molecule has 0 bridgehead atoms. The standard InChI is InChI=1S/C12H12F3N3/c1-7-3-4-8(5-9(7)16)11-17-10(6-18(11)2)12(13,14)15/h3-6H,16H2,1-2H3. The summed E-state index contributed by atoms with van der Waals surface area (Å²) < 4.78 is 39.0. The topological polar surface area (TPSA) is 43.8 Å². The van der Waals surface area contributed by atoms with Crippen LogP contribution in [0.15, 0.2) is 24.4 Å². The van der Waals surface area contributed by atoms with Crippen LogP contribution < -0.4 is 5.73 Å². The van der Waals surface area contributed by atoms with Gasteiger partial charge in [0, 0.05) is 24.5 Å². The highest BCUT2D eigenvalue weighted by atomic mass is 19.4. The predicted octanol–water partition coefficient (Wildman–Crippen LogP) is 3.00. The molecule has 0 atom stereocenters. The van der Waals surface area contributed by atoms with Gasteiger partial charge in [-0.3, -0.25) is 0 Å². The number of hydrogen-bond acceptors (Lipinski definition) is 2. The highest BCUT2D eigenvalue weighted by molar-refractivity contribution is 5.64. The SMILES string of the molecule is Cc1ccc(-c2nc(C(F)(F)F)cn2C)cc1N. The summed E-state index contributed by atoms with van der Waals surface area (Å²) in [4.78, 5) is 3.60. The quantitative estimate of drug-likeness (QED) is 0.796. The molecule has 1 heterocycles. The second kappa shape index (κ2) is 4.04. The number of nitrogen functional groups attached to an aromatic ring is 1. The number of anilines is 1. The number of alkyl halides is 3. The van der Waals surface area contributed by atoms with Crippen molar-refractivity contribution in [3.05, 3.63) is 35.7 Å². The number of aromatic nitrogens is 2. The molecule has 0 saturated carbocycles. The predicted molar refractivity (Wildman–Crippen MR) is 62.8 cm³/mol. The molecule has 0 spiro atoms. The zero-order chi connectivity index (χ0) is 13.5. The molecule has 1 aromatic carbocycles. The molecule has 18 heavy (non-hydrogen) atoms. The Morgan fingerprint density at radius 1 is 1.28 bits per heavy atom. The van der Waals surface area contributed by atoms with E-state index >= 15 is 0 Å². The number of nitrogens with zero attached hydrogens (tertiary/aromatic N) is 2. The monoisotopic (exact) mass is 255 g/mol. The number of imidazole rings is 1. The molecule has 0 aliphatic heterocycles. The number of nitrogens with two attached hydrogens (primary N) is 1. The largest absolute Gasteiger partial charge is 0.434 e. The maximum atomic E-state index is 12.5. The molecule has 0 radical (unpaired) electrons. The van der Waals surface area contributed by atoms with E-state index < -0.39 is 11.9 Å². The van der Waals surface area contributed by atoms with Gasteiger partial charge in [-0.2, -0.15) is 13.2 Å². The van der Waals surface area contributed by atoms with E-state index in [9.17, 15) is 13.2 Å². The number of aryl methyl sites for hydroxylation is 2. The number of benzene rings is 1. The Kier molecular flexibility index (Phi) is 2.80. The van der Waals surface area contributed by atoms with Gasteiger partial charge in [0.25, 0.3) is 0 Å². The summed E-state index contributed by atoms with van der Waals surface area (Å²) in [6.07, 6.45) is -3.47. The third kappa shape index (κ3) is 2.18. The van der Waals surface area contributed by atoms with E-state index in [-0.39, 0.29) is 5.82 Å². The summed E-state index contributed by atoms with van der Waals surface area (Å²) >= 11 is 0. The number of hydrogen-bond donors (Lipinski definition) is 1. The second-order valence-electron chi connectivity index (χ2n) is 4.13. The molecule has 2 aromatic rings. The van der Waals surface area contributed by atoms with Crippen LogP contribution in [-0.2, 0) is 13.2 Å². The fourth-order valence-corrected chi connectivity index (χ4v) is 1.65. The highest BCUT2D eigenvalue weighted by Crippen LogP contribution is 2.31. The van der Waals surface area contributed by atoms with Gasteiger partial charge in [0.05, 0.1) is 0 Å². The minimum Gasteiger partial charge on any atom is -0.398 e. The van der Waals surface area contributed by atoms with E-state index in [1.54, 1.807) is 18.2 Å². The van der Waals surface area contributed by atoms with Crippen LogP contribution >= 0.6 is 0 Å². The van der Waals surface area contributed by atoms with Crippen LogP contribution in [0.3, 0.4) is 0 Å². The summed E-state index contributed by atoms with van der Waals surface area (Å²) in [6.45, 7) is 1.83. The van der Waals surface area contributed by atoms with Crippen molar-refractivity contribution in [2.75, 3.05) is 5.73 Å². The van der Waals surface area contributed by atoms with Crippen molar-refractivity contribution in [2.45, 2.75) is 13.1 Å². The van der Waals surface area contributed by atoms with Crippen LogP contribution in [0, 0.1) is 6.92 Å². The van der Waals surface area contributed by atoms with Crippen molar-refractivity contribution < 1.29 is 13.2 Å². The second-order valence-corrected chi connectivity index (χ2v) is 4.13. The minimum atomic E-state index is -4.44. The summed E-state index contributed by atoms with van der Waals surface area (Å²) in [7, 11) is 1.52. The molecule has 96 valence electrons. The third-order valence-corrected chi connectivity index (χ3v) is 2.70. The van der Waals surface area contributed by atoms with E-state index in [0.29, 0.717) is 11.3 Å². The van der Waals surface area contributed by atoms with Crippen LogP contribution in [0.2, 0.25) is 0 Å². The molecule has 0 fully saturated rings. The zero-order valence-electron chi connectivity index (χ0n) is 9.92. The maximum Gasteiger partial charge on any atom is 0.434 e. The molecule has 1 aromatic heterocycles. The van der Waals surface area contributed by atoms with Gasteiger partial charge in [-0.15, -0.1) is 0 Å². The van der Waals surface area contributed by atoms with Gasteiger partial charge >= 0.3 is 6.18 Å². The van der Waals surface area contributed by atoms with E-state index in [0.717, 1.165) is 11.8 Å². The Morgan fingerprint density at radius 3 is 2.44 bits per heavy atom. The first kappa shape index (κ1) is 12.5. The molecular weight excluding hydrogens is 243 g/mol. The first-order chi connectivity index (χ1) is 8.29. The molecule has 3 nitrogen and oxygen atoms in total. The molecule has 0 saturated heterocycles. The first-order valence-corrected chi connectivity index (χ1v) is 5.26. The molecule has 0 unspecified atom stereocenters. The molecular formula is C12H12F3N3. The van der Waals surface area contributed by atoms with Crippen molar-refractivity contribution in [1.29, 1.82) is 0 Å². The minimum absolute atomic E-state index is 0.244. The van der Waals surface area contributed by atoms with Crippen LogP contribution in [-0.4, -0.2) is 9.55 Å². The lowest BCUT2D eigenvalue weighted by molar-refractivity contribution is -0.140. The van der Waals surface area contributed by atoms with Crippen molar-refractivity contribution in [2.24, 2.45) is 7.05 Å². The molecule has 0 amide bonds. The van der Waals surface area contributed by atoms with Crippen LogP contribution in [0.25, 0.3) is 11.4 Å². The maximum absolute atomic E-state index is 12.5. The summed E-state index contributed by atoms with van der Waals surface area (Å²) in [5, 5.41) is 0. The summed E-state index contributed by atoms with van der Waals surface area (Å²) in [5.41, 5.74) is 6.81. The smallest absolute Gasteiger partial charge is 0.398 e. The van der Waals surface area contributed by atoms with Gasteiger partial charge in [0.2, 0.25) is 0 Å². The lowest BCUT2D eigenvalue weighted by atomic mass is 10.1. The lowest BCUT2D eigenvalue weighted by Crippen LogP contribution is -2.04. The van der Waals surface area contributed by atoms with Crippen molar-refractivity contribution in [1.82, 2.24) is 9.55 Å². The van der Waals surface area contributed by atoms with Crippen molar-refractivity contribution in [3.63, 3.8) is 0 Å².